The smallest absolute Gasteiger partial charge is 0.108 e. The van der Waals surface area contributed by atoms with E-state index in [1.54, 1.807) is 6.20 Å². The predicted molar refractivity (Wildman–Crippen MR) is 79.8 cm³/mol. The molecule has 1 aliphatic rings. The molecule has 3 rings (SSSR count). The summed E-state index contributed by atoms with van der Waals surface area (Å²) in [7, 11) is 0. The van der Waals surface area contributed by atoms with Crippen LogP contribution in [0.2, 0.25) is 0 Å². The first-order valence-electron chi connectivity index (χ1n) is 7.29. The molecule has 0 spiro atoms. The zero-order valence-corrected chi connectivity index (χ0v) is 12.0. The molecule has 1 fully saturated rings. The van der Waals surface area contributed by atoms with E-state index in [0.29, 0.717) is 6.61 Å². The molecule has 112 valence electrons. The van der Waals surface area contributed by atoms with Crippen molar-refractivity contribution in [3.63, 3.8) is 0 Å². The molecule has 1 aromatic heterocycles. The maximum atomic E-state index is 9.87. The predicted octanol–water partition coefficient (Wildman–Crippen LogP) is 1.22. The van der Waals surface area contributed by atoms with E-state index in [1.165, 1.54) is 5.56 Å². The van der Waals surface area contributed by atoms with Crippen molar-refractivity contribution in [1.82, 2.24) is 15.1 Å². The van der Waals surface area contributed by atoms with Crippen molar-refractivity contribution in [3.05, 3.63) is 53.9 Å². The quantitative estimate of drug-likeness (QED) is 0.868. The van der Waals surface area contributed by atoms with Gasteiger partial charge in [-0.05, 0) is 11.6 Å². The summed E-state index contributed by atoms with van der Waals surface area (Å²) in [5.41, 5.74) is 1.76. The van der Waals surface area contributed by atoms with Crippen LogP contribution in [0, 0.1) is 0 Å². The van der Waals surface area contributed by atoms with Crippen molar-refractivity contribution in [2.45, 2.75) is 18.6 Å². The summed E-state index contributed by atoms with van der Waals surface area (Å²) in [6, 6.07) is 12.2. The number of aromatic nitrogens is 2. The van der Waals surface area contributed by atoms with E-state index >= 15 is 0 Å². The summed E-state index contributed by atoms with van der Waals surface area (Å²) in [6.07, 6.45) is 2.49. The number of aromatic amines is 1. The van der Waals surface area contributed by atoms with Gasteiger partial charge in [-0.15, -0.1) is 0 Å². The minimum Gasteiger partial charge on any atom is -0.393 e. The standard InChI is InChI=1S/C16H21N3O2/c20-13-16(10-14-4-2-1-3-5-14)12-19(8-9-21-16)11-15-6-7-17-18-15/h1-7,20H,8-13H2,(H,17,18)/t16-/m0/s1. The average Bonchev–Trinajstić information content (AvgIpc) is 3.01. The van der Waals surface area contributed by atoms with Crippen molar-refractivity contribution < 1.29 is 9.84 Å². The number of morpholine rings is 1. The normalized spacial score (nSPS) is 23.3. The van der Waals surface area contributed by atoms with Gasteiger partial charge in [-0.3, -0.25) is 10.00 Å². The molecule has 0 amide bonds. The summed E-state index contributed by atoms with van der Waals surface area (Å²) in [5.74, 6) is 0. The van der Waals surface area contributed by atoms with Gasteiger partial charge < -0.3 is 9.84 Å². The minimum atomic E-state index is -0.514. The number of benzene rings is 1. The van der Waals surface area contributed by atoms with Crippen LogP contribution in [0.4, 0.5) is 0 Å². The number of hydrogen-bond acceptors (Lipinski definition) is 4. The molecule has 1 atom stereocenters. The third-order valence-corrected chi connectivity index (χ3v) is 3.94. The number of nitrogens with zero attached hydrogens (tertiary/aromatic N) is 2. The highest BCUT2D eigenvalue weighted by atomic mass is 16.5. The number of H-pyrrole nitrogens is 1. The lowest BCUT2D eigenvalue weighted by molar-refractivity contribution is -0.134. The molecule has 5 heteroatoms. The first-order chi connectivity index (χ1) is 10.3. The summed E-state index contributed by atoms with van der Waals surface area (Å²) in [6.45, 7) is 3.07. The Morgan fingerprint density at radius 1 is 1.29 bits per heavy atom. The molecule has 21 heavy (non-hydrogen) atoms. The third kappa shape index (κ3) is 3.50. The monoisotopic (exact) mass is 287 g/mol. The molecule has 0 radical (unpaired) electrons. The number of aliphatic hydroxyl groups excluding tert-OH is 1. The highest BCUT2D eigenvalue weighted by molar-refractivity contribution is 5.18. The van der Waals surface area contributed by atoms with Gasteiger partial charge in [0.15, 0.2) is 0 Å². The maximum absolute atomic E-state index is 9.87. The van der Waals surface area contributed by atoms with E-state index < -0.39 is 5.60 Å². The van der Waals surface area contributed by atoms with Gasteiger partial charge >= 0.3 is 0 Å². The van der Waals surface area contributed by atoms with E-state index in [4.69, 9.17) is 4.74 Å². The van der Waals surface area contributed by atoms with Crippen molar-refractivity contribution in [1.29, 1.82) is 0 Å². The molecule has 0 bridgehead atoms. The van der Waals surface area contributed by atoms with Crippen LogP contribution >= 0.6 is 0 Å². The van der Waals surface area contributed by atoms with Crippen LogP contribution in [-0.2, 0) is 17.7 Å². The zero-order valence-electron chi connectivity index (χ0n) is 12.0. The molecule has 0 unspecified atom stereocenters. The fourth-order valence-electron chi connectivity index (χ4n) is 2.90. The van der Waals surface area contributed by atoms with E-state index in [0.717, 1.165) is 31.7 Å². The molecule has 0 aliphatic carbocycles. The fourth-order valence-corrected chi connectivity index (χ4v) is 2.90. The van der Waals surface area contributed by atoms with Crippen LogP contribution in [-0.4, -0.2) is 52.1 Å². The highest BCUT2D eigenvalue weighted by Crippen LogP contribution is 2.23. The molecule has 0 saturated carbocycles. The van der Waals surface area contributed by atoms with E-state index in [9.17, 15) is 5.11 Å². The van der Waals surface area contributed by atoms with Gasteiger partial charge in [-0.25, -0.2) is 0 Å². The van der Waals surface area contributed by atoms with Crippen molar-refractivity contribution in [3.8, 4) is 0 Å². The Hall–Kier alpha value is -1.69. The van der Waals surface area contributed by atoms with Crippen LogP contribution in [0.5, 0.6) is 0 Å². The van der Waals surface area contributed by atoms with Gasteiger partial charge in [-0.2, -0.15) is 5.10 Å². The topological polar surface area (TPSA) is 61.4 Å². The fraction of sp³-hybridized carbons (Fsp3) is 0.438. The third-order valence-electron chi connectivity index (χ3n) is 3.94. The lowest BCUT2D eigenvalue weighted by atomic mass is 9.93. The van der Waals surface area contributed by atoms with Crippen molar-refractivity contribution in [2.24, 2.45) is 0 Å². The number of rotatable bonds is 5. The average molecular weight is 287 g/mol. The molecule has 2 heterocycles. The van der Waals surface area contributed by atoms with Crippen LogP contribution in [0.25, 0.3) is 0 Å². The van der Waals surface area contributed by atoms with E-state index in [2.05, 4.69) is 27.2 Å². The first-order valence-corrected chi connectivity index (χ1v) is 7.29. The summed E-state index contributed by atoms with van der Waals surface area (Å²) in [4.78, 5) is 2.30. The van der Waals surface area contributed by atoms with Crippen LogP contribution in [0.15, 0.2) is 42.6 Å². The largest absolute Gasteiger partial charge is 0.393 e. The molecule has 5 nitrogen and oxygen atoms in total. The summed E-state index contributed by atoms with van der Waals surface area (Å²) < 4.78 is 5.95. The van der Waals surface area contributed by atoms with Gasteiger partial charge in [0.25, 0.3) is 0 Å². The van der Waals surface area contributed by atoms with E-state index in [1.807, 2.05) is 24.3 Å². The van der Waals surface area contributed by atoms with Crippen LogP contribution < -0.4 is 0 Å². The van der Waals surface area contributed by atoms with Gasteiger partial charge in [0, 0.05) is 37.9 Å². The number of nitrogens with one attached hydrogen (secondary N) is 1. The molecule has 1 saturated heterocycles. The number of ether oxygens (including phenoxy) is 1. The van der Waals surface area contributed by atoms with Crippen molar-refractivity contribution in [2.75, 3.05) is 26.3 Å². The zero-order chi connectivity index (χ0) is 14.5. The summed E-state index contributed by atoms with van der Waals surface area (Å²) >= 11 is 0. The van der Waals surface area contributed by atoms with Gasteiger partial charge in [0.2, 0.25) is 0 Å². The van der Waals surface area contributed by atoms with Gasteiger partial charge in [0.05, 0.1) is 13.2 Å². The molecule has 1 aromatic carbocycles. The lowest BCUT2D eigenvalue weighted by Gasteiger charge is -2.41. The van der Waals surface area contributed by atoms with Crippen LogP contribution in [0.1, 0.15) is 11.3 Å². The summed E-state index contributed by atoms with van der Waals surface area (Å²) in [5, 5.41) is 16.8. The molecule has 2 N–H and O–H groups in total. The molecular weight excluding hydrogens is 266 g/mol. The Bertz CT molecular complexity index is 544. The SMILES string of the molecule is OC[C@]1(Cc2ccccc2)CN(Cc2ccn[nH]2)CCO1. The Kier molecular flexibility index (Phi) is 4.34. The Morgan fingerprint density at radius 2 is 2.14 bits per heavy atom. The van der Waals surface area contributed by atoms with Gasteiger partial charge in [-0.1, -0.05) is 30.3 Å². The molecule has 2 aromatic rings. The first kappa shape index (κ1) is 14.3. The minimum absolute atomic E-state index is 0.0291. The Balaban J connectivity index is 1.69. The van der Waals surface area contributed by atoms with Crippen LogP contribution in [0.3, 0.4) is 0 Å². The van der Waals surface area contributed by atoms with E-state index in [-0.39, 0.29) is 6.61 Å². The second-order valence-electron chi connectivity index (χ2n) is 5.64. The molecule has 1 aliphatic heterocycles. The second-order valence-corrected chi connectivity index (χ2v) is 5.64. The molecular formula is C16H21N3O2. The number of hydrogen-bond donors (Lipinski definition) is 2. The second kappa shape index (κ2) is 6.39. The van der Waals surface area contributed by atoms with Crippen molar-refractivity contribution >= 4 is 0 Å². The Labute approximate surface area is 124 Å². The number of aliphatic hydroxyl groups is 1. The highest BCUT2D eigenvalue weighted by Gasteiger charge is 2.36. The lowest BCUT2D eigenvalue weighted by Crippen LogP contribution is -2.55. The maximum Gasteiger partial charge on any atom is 0.108 e. The van der Waals surface area contributed by atoms with Gasteiger partial charge in [0.1, 0.15) is 5.60 Å². The Morgan fingerprint density at radius 3 is 2.86 bits per heavy atom.